The first kappa shape index (κ1) is 16.2. The predicted molar refractivity (Wildman–Crippen MR) is 60.5 cm³/mol. The minimum absolute atomic E-state index is 0.187. The number of rotatable bonds is 6. The van der Waals surface area contributed by atoms with Crippen molar-refractivity contribution in [3.63, 3.8) is 0 Å². The number of halogens is 5. The van der Waals surface area contributed by atoms with Crippen LogP contribution in [0.15, 0.2) is 24.3 Å². The summed E-state index contributed by atoms with van der Waals surface area (Å²) in [7, 11) is 0.965. The van der Waals surface area contributed by atoms with Crippen molar-refractivity contribution in [3.8, 4) is 5.75 Å². The second-order valence-corrected chi connectivity index (χ2v) is 3.95. The molecule has 1 amide bonds. The van der Waals surface area contributed by atoms with Gasteiger partial charge in [-0.05, 0) is 24.3 Å². The fourth-order valence-corrected chi connectivity index (χ4v) is 1.28. The minimum Gasteiger partial charge on any atom is -0.492 e. The van der Waals surface area contributed by atoms with Crippen LogP contribution in [0.3, 0.4) is 0 Å². The van der Waals surface area contributed by atoms with Gasteiger partial charge in [0.2, 0.25) is 0 Å². The van der Waals surface area contributed by atoms with Gasteiger partial charge in [-0.25, -0.2) is 13.2 Å². The molecule has 20 heavy (non-hydrogen) atoms. The molecule has 0 aliphatic rings. The molecule has 0 aromatic heterocycles. The van der Waals surface area contributed by atoms with Crippen molar-refractivity contribution in [1.29, 1.82) is 0 Å². The lowest BCUT2D eigenvalue weighted by molar-refractivity contribution is -0.179. The quantitative estimate of drug-likeness (QED) is 0.755. The first-order valence-electron chi connectivity index (χ1n) is 5.55. The molecule has 3 nitrogen and oxygen atoms in total. The molecule has 1 aromatic carbocycles. The number of hydrogen-bond donors (Lipinski definition) is 0. The first-order valence-corrected chi connectivity index (χ1v) is 5.55. The Balaban J connectivity index is 2.45. The highest BCUT2D eigenvalue weighted by atomic mass is 19.3. The number of ether oxygens (including phenoxy) is 1. The molecule has 0 fully saturated rings. The van der Waals surface area contributed by atoms with Crippen LogP contribution in [-0.2, 0) is 4.79 Å². The molecule has 0 heterocycles. The van der Waals surface area contributed by atoms with Crippen molar-refractivity contribution in [2.24, 2.45) is 0 Å². The van der Waals surface area contributed by atoms with Crippen LogP contribution in [0.1, 0.15) is 0 Å². The Kier molecular flexibility index (Phi) is 5.29. The van der Waals surface area contributed by atoms with Crippen LogP contribution in [0.2, 0.25) is 0 Å². The molecule has 112 valence electrons. The second-order valence-electron chi connectivity index (χ2n) is 3.95. The molecule has 0 spiro atoms. The van der Waals surface area contributed by atoms with Gasteiger partial charge in [-0.2, -0.15) is 8.78 Å². The summed E-state index contributed by atoms with van der Waals surface area (Å²) >= 11 is 0. The Hall–Kier alpha value is -1.86. The summed E-state index contributed by atoms with van der Waals surface area (Å²) in [5.74, 6) is -6.89. The van der Waals surface area contributed by atoms with E-state index in [-0.39, 0.29) is 18.9 Å². The normalized spacial score (nSPS) is 11.6. The Morgan fingerprint density at radius 2 is 1.85 bits per heavy atom. The average Bonchev–Trinajstić information content (AvgIpc) is 2.39. The van der Waals surface area contributed by atoms with E-state index in [0.29, 0.717) is 4.90 Å². The van der Waals surface area contributed by atoms with E-state index in [2.05, 4.69) is 0 Å². The van der Waals surface area contributed by atoms with Crippen LogP contribution >= 0.6 is 0 Å². The number of alkyl halides is 4. The average molecular weight is 297 g/mol. The van der Waals surface area contributed by atoms with Gasteiger partial charge in [0, 0.05) is 7.05 Å². The third kappa shape index (κ3) is 4.07. The number of likely N-dealkylation sites (N-methyl/N-ethyl adjacent to an activating group) is 1. The molecule has 0 bridgehead atoms. The zero-order chi connectivity index (χ0) is 15.3. The lowest BCUT2D eigenvalue weighted by Gasteiger charge is -2.22. The minimum atomic E-state index is -4.72. The third-order valence-electron chi connectivity index (χ3n) is 2.41. The molecule has 0 radical (unpaired) electrons. The van der Waals surface area contributed by atoms with Crippen LogP contribution in [0.25, 0.3) is 0 Å². The summed E-state index contributed by atoms with van der Waals surface area (Å²) in [5.41, 5.74) is 0. The zero-order valence-corrected chi connectivity index (χ0v) is 10.5. The summed E-state index contributed by atoms with van der Waals surface area (Å²) in [6.07, 6.45) is -4.06. The van der Waals surface area contributed by atoms with Gasteiger partial charge < -0.3 is 9.64 Å². The van der Waals surface area contributed by atoms with Crippen molar-refractivity contribution in [1.82, 2.24) is 4.90 Å². The highest BCUT2D eigenvalue weighted by Gasteiger charge is 2.50. The summed E-state index contributed by atoms with van der Waals surface area (Å²) in [6, 6.07) is 4.89. The topological polar surface area (TPSA) is 29.5 Å². The number of nitrogens with zero attached hydrogens (tertiary/aromatic N) is 1. The third-order valence-corrected chi connectivity index (χ3v) is 2.41. The zero-order valence-electron chi connectivity index (χ0n) is 10.5. The van der Waals surface area contributed by atoms with Gasteiger partial charge in [0.05, 0.1) is 6.54 Å². The smallest absolute Gasteiger partial charge is 0.383 e. The molecular weight excluding hydrogens is 285 g/mol. The van der Waals surface area contributed by atoms with E-state index in [1.54, 1.807) is 0 Å². The SMILES string of the molecule is CN(CCOc1ccc(F)cc1)C(=O)C(F)(F)C(F)F. The predicted octanol–water partition coefficient (Wildman–Crippen LogP) is 2.56. The Labute approximate surface area is 111 Å². The number of benzene rings is 1. The van der Waals surface area contributed by atoms with E-state index in [1.807, 2.05) is 0 Å². The molecule has 8 heteroatoms. The number of hydrogen-bond acceptors (Lipinski definition) is 2. The fourth-order valence-electron chi connectivity index (χ4n) is 1.28. The largest absolute Gasteiger partial charge is 0.492 e. The lowest BCUT2D eigenvalue weighted by Crippen LogP contribution is -2.47. The highest BCUT2D eigenvalue weighted by Crippen LogP contribution is 2.24. The van der Waals surface area contributed by atoms with Crippen LogP contribution in [0, 0.1) is 5.82 Å². The maximum Gasteiger partial charge on any atom is 0.383 e. The lowest BCUT2D eigenvalue weighted by atomic mass is 10.3. The molecule has 0 N–H and O–H groups in total. The van der Waals surface area contributed by atoms with Gasteiger partial charge in [-0.3, -0.25) is 4.79 Å². The molecule has 1 aromatic rings. The second kappa shape index (κ2) is 6.53. The molecule has 0 saturated carbocycles. The van der Waals surface area contributed by atoms with E-state index in [9.17, 15) is 26.7 Å². The van der Waals surface area contributed by atoms with Gasteiger partial charge in [0.1, 0.15) is 18.2 Å². The van der Waals surface area contributed by atoms with Gasteiger partial charge in [-0.1, -0.05) is 0 Å². The van der Waals surface area contributed by atoms with E-state index < -0.39 is 24.1 Å². The van der Waals surface area contributed by atoms with E-state index >= 15 is 0 Å². The Bertz CT molecular complexity index is 450. The molecule has 0 aliphatic heterocycles. The van der Waals surface area contributed by atoms with Crippen LogP contribution in [-0.4, -0.2) is 43.4 Å². The summed E-state index contributed by atoms with van der Waals surface area (Å²) < 4.78 is 67.1. The Morgan fingerprint density at radius 1 is 1.30 bits per heavy atom. The molecule has 0 atom stereocenters. The summed E-state index contributed by atoms with van der Waals surface area (Å²) in [6.45, 7) is -0.494. The van der Waals surface area contributed by atoms with Crippen molar-refractivity contribution in [2.75, 3.05) is 20.2 Å². The first-order chi connectivity index (χ1) is 9.25. The van der Waals surface area contributed by atoms with Crippen molar-refractivity contribution >= 4 is 5.91 Å². The van der Waals surface area contributed by atoms with Gasteiger partial charge in [0.25, 0.3) is 5.91 Å². The molecule has 0 aliphatic carbocycles. The van der Waals surface area contributed by atoms with Crippen molar-refractivity contribution < 1.29 is 31.5 Å². The van der Waals surface area contributed by atoms with Crippen LogP contribution in [0.5, 0.6) is 5.75 Å². The summed E-state index contributed by atoms with van der Waals surface area (Å²) in [4.78, 5) is 11.5. The van der Waals surface area contributed by atoms with Crippen molar-refractivity contribution in [2.45, 2.75) is 12.3 Å². The van der Waals surface area contributed by atoms with E-state index in [1.165, 1.54) is 12.1 Å². The van der Waals surface area contributed by atoms with Crippen molar-refractivity contribution in [3.05, 3.63) is 30.1 Å². The highest BCUT2D eigenvalue weighted by molar-refractivity contribution is 5.83. The van der Waals surface area contributed by atoms with Gasteiger partial charge >= 0.3 is 12.3 Å². The molecule has 0 unspecified atom stereocenters. The fraction of sp³-hybridized carbons (Fsp3) is 0.417. The molecule has 0 saturated heterocycles. The van der Waals surface area contributed by atoms with E-state index in [0.717, 1.165) is 19.2 Å². The summed E-state index contributed by atoms with van der Waals surface area (Å²) in [5, 5.41) is 0. The van der Waals surface area contributed by atoms with Crippen LogP contribution < -0.4 is 4.74 Å². The maximum atomic E-state index is 12.8. The van der Waals surface area contributed by atoms with E-state index in [4.69, 9.17) is 4.74 Å². The molecule has 1 rings (SSSR count). The number of carbonyl (C=O) groups is 1. The molecular formula is C12H12F5NO2. The standard InChI is InChI=1S/C12H12F5NO2/c1-18(11(19)12(16,17)10(14)15)6-7-20-9-4-2-8(13)3-5-9/h2-5,10H,6-7H2,1H3. The number of carbonyl (C=O) groups excluding carboxylic acids is 1. The van der Waals surface area contributed by atoms with Gasteiger partial charge in [-0.15, -0.1) is 0 Å². The van der Waals surface area contributed by atoms with Gasteiger partial charge in [0.15, 0.2) is 0 Å². The Morgan fingerprint density at radius 3 is 2.35 bits per heavy atom. The monoisotopic (exact) mass is 297 g/mol. The number of amides is 1. The maximum absolute atomic E-state index is 12.8. The van der Waals surface area contributed by atoms with Crippen LogP contribution in [0.4, 0.5) is 22.0 Å².